The van der Waals surface area contributed by atoms with Crippen molar-refractivity contribution in [3.63, 3.8) is 0 Å². The zero-order chi connectivity index (χ0) is 11.3. The maximum Gasteiger partial charge on any atom is 0.253 e. The van der Waals surface area contributed by atoms with E-state index in [1.807, 2.05) is 19.9 Å². The number of amides is 1. The number of carbonyl (C=O) groups excluding carboxylic acids is 1. The van der Waals surface area contributed by atoms with Gasteiger partial charge in [0.15, 0.2) is 0 Å². The van der Waals surface area contributed by atoms with Crippen LogP contribution < -0.4 is 5.32 Å². The molecule has 0 saturated carbocycles. The summed E-state index contributed by atoms with van der Waals surface area (Å²) in [6.45, 7) is 3.88. The van der Waals surface area contributed by atoms with Crippen LogP contribution in [0.15, 0.2) is 18.3 Å². The number of alkyl halides is 1. The van der Waals surface area contributed by atoms with E-state index < -0.39 is 0 Å². The second-order valence-corrected chi connectivity index (χ2v) is 4.33. The molecule has 1 rings (SSSR count). The Labute approximate surface area is 98.4 Å². The van der Waals surface area contributed by atoms with E-state index in [-0.39, 0.29) is 11.9 Å². The second kappa shape index (κ2) is 5.85. The molecule has 0 aliphatic heterocycles. The molecule has 1 amide bonds. The van der Waals surface area contributed by atoms with Crippen LogP contribution >= 0.6 is 15.9 Å². The maximum atomic E-state index is 11.7. The molecule has 0 radical (unpaired) electrons. The van der Waals surface area contributed by atoms with Crippen molar-refractivity contribution in [3.05, 3.63) is 29.6 Å². The molecule has 0 spiro atoms. The molecule has 82 valence electrons. The highest BCUT2D eigenvalue weighted by atomic mass is 79.9. The van der Waals surface area contributed by atoms with Crippen molar-refractivity contribution in [2.75, 3.05) is 5.33 Å². The van der Waals surface area contributed by atoms with Gasteiger partial charge in [0.2, 0.25) is 0 Å². The third kappa shape index (κ3) is 4.00. The van der Waals surface area contributed by atoms with Gasteiger partial charge in [-0.2, -0.15) is 0 Å². The second-order valence-electron chi connectivity index (χ2n) is 3.54. The molecule has 0 aliphatic rings. The van der Waals surface area contributed by atoms with E-state index in [1.165, 1.54) is 0 Å². The molecule has 1 aromatic heterocycles. The number of hydrogen-bond donors (Lipinski definition) is 1. The summed E-state index contributed by atoms with van der Waals surface area (Å²) in [6.07, 6.45) is 2.52. The fourth-order valence-corrected chi connectivity index (χ4v) is 1.83. The third-order valence-corrected chi connectivity index (χ3v) is 2.55. The third-order valence-electron chi connectivity index (χ3n) is 2.09. The average molecular weight is 271 g/mol. The van der Waals surface area contributed by atoms with Crippen LogP contribution in [0, 0.1) is 6.92 Å². The van der Waals surface area contributed by atoms with Gasteiger partial charge in [-0.05, 0) is 32.4 Å². The SMILES string of the molecule is Cc1ccc(C(=O)NC(C)CCBr)cn1. The Morgan fingerprint density at radius 2 is 2.33 bits per heavy atom. The highest BCUT2D eigenvalue weighted by molar-refractivity contribution is 9.09. The number of rotatable bonds is 4. The van der Waals surface area contributed by atoms with Crippen molar-refractivity contribution in [3.8, 4) is 0 Å². The van der Waals surface area contributed by atoms with Crippen LogP contribution in [0.2, 0.25) is 0 Å². The van der Waals surface area contributed by atoms with Crippen LogP contribution in [0.3, 0.4) is 0 Å². The summed E-state index contributed by atoms with van der Waals surface area (Å²) < 4.78 is 0. The number of halogens is 1. The van der Waals surface area contributed by atoms with Crippen molar-refractivity contribution in [1.82, 2.24) is 10.3 Å². The smallest absolute Gasteiger partial charge is 0.253 e. The maximum absolute atomic E-state index is 11.7. The quantitative estimate of drug-likeness (QED) is 0.854. The van der Waals surface area contributed by atoms with E-state index in [0.717, 1.165) is 17.4 Å². The highest BCUT2D eigenvalue weighted by Crippen LogP contribution is 2.01. The first kappa shape index (κ1) is 12.2. The van der Waals surface area contributed by atoms with E-state index in [9.17, 15) is 4.79 Å². The number of nitrogens with one attached hydrogen (secondary N) is 1. The number of carbonyl (C=O) groups is 1. The van der Waals surface area contributed by atoms with Gasteiger partial charge in [-0.15, -0.1) is 0 Å². The van der Waals surface area contributed by atoms with Gasteiger partial charge in [0.05, 0.1) is 5.56 Å². The number of aromatic nitrogens is 1. The van der Waals surface area contributed by atoms with Gasteiger partial charge < -0.3 is 5.32 Å². The Balaban J connectivity index is 2.57. The normalized spacial score (nSPS) is 12.2. The highest BCUT2D eigenvalue weighted by Gasteiger charge is 2.08. The monoisotopic (exact) mass is 270 g/mol. The molecule has 1 N–H and O–H groups in total. The predicted octanol–water partition coefficient (Wildman–Crippen LogP) is 2.29. The van der Waals surface area contributed by atoms with Gasteiger partial charge in [0.25, 0.3) is 5.91 Å². The lowest BCUT2D eigenvalue weighted by molar-refractivity contribution is 0.0939. The van der Waals surface area contributed by atoms with E-state index in [1.54, 1.807) is 12.3 Å². The number of pyridine rings is 1. The molecule has 0 bridgehead atoms. The molecule has 1 aromatic rings. The average Bonchev–Trinajstić information content (AvgIpc) is 2.18. The van der Waals surface area contributed by atoms with Crippen molar-refractivity contribution in [2.45, 2.75) is 26.3 Å². The standard InChI is InChI=1S/C11H15BrN2O/c1-8-3-4-10(7-13-8)11(15)14-9(2)5-6-12/h3-4,7,9H,5-6H2,1-2H3,(H,14,15). The van der Waals surface area contributed by atoms with Gasteiger partial charge in [-0.3, -0.25) is 9.78 Å². The fraction of sp³-hybridized carbons (Fsp3) is 0.455. The zero-order valence-corrected chi connectivity index (χ0v) is 10.5. The Hall–Kier alpha value is -0.900. The number of aryl methyl sites for hydroxylation is 1. The minimum atomic E-state index is -0.0593. The molecule has 4 heteroatoms. The summed E-state index contributed by atoms with van der Waals surface area (Å²) in [4.78, 5) is 15.8. The number of hydrogen-bond acceptors (Lipinski definition) is 2. The molecule has 1 heterocycles. The summed E-state index contributed by atoms with van der Waals surface area (Å²) >= 11 is 3.34. The van der Waals surface area contributed by atoms with Crippen molar-refractivity contribution >= 4 is 21.8 Å². The summed E-state index contributed by atoms with van der Waals surface area (Å²) in [5.41, 5.74) is 1.53. The van der Waals surface area contributed by atoms with Gasteiger partial charge in [-0.1, -0.05) is 15.9 Å². The van der Waals surface area contributed by atoms with E-state index in [0.29, 0.717) is 5.56 Å². The minimum absolute atomic E-state index is 0.0593. The molecule has 1 unspecified atom stereocenters. The molecular weight excluding hydrogens is 256 g/mol. The van der Waals surface area contributed by atoms with Gasteiger partial charge in [-0.25, -0.2) is 0 Å². The molecular formula is C11H15BrN2O. The Bertz CT molecular complexity index is 324. The molecule has 0 saturated heterocycles. The summed E-state index contributed by atoms with van der Waals surface area (Å²) in [6, 6.07) is 3.81. The first-order chi connectivity index (χ1) is 7.13. The fourth-order valence-electron chi connectivity index (χ4n) is 1.15. The summed E-state index contributed by atoms with van der Waals surface area (Å²) in [7, 11) is 0. The van der Waals surface area contributed by atoms with Crippen LogP contribution in [-0.2, 0) is 0 Å². The molecule has 1 atom stereocenters. The molecule has 0 fully saturated rings. The molecule has 0 aromatic carbocycles. The molecule has 0 aliphatic carbocycles. The van der Waals surface area contributed by atoms with Crippen molar-refractivity contribution in [2.24, 2.45) is 0 Å². The number of nitrogens with zero attached hydrogens (tertiary/aromatic N) is 1. The van der Waals surface area contributed by atoms with Crippen molar-refractivity contribution in [1.29, 1.82) is 0 Å². The van der Waals surface area contributed by atoms with Crippen molar-refractivity contribution < 1.29 is 4.79 Å². The van der Waals surface area contributed by atoms with Crippen LogP contribution in [0.25, 0.3) is 0 Å². The Kier molecular flexibility index (Phi) is 4.75. The van der Waals surface area contributed by atoms with Gasteiger partial charge >= 0.3 is 0 Å². The lowest BCUT2D eigenvalue weighted by Crippen LogP contribution is -2.32. The van der Waals surface area contributed by atoms with Crippen LogP contribution in [-0.4, -0.2) is 22.3 Å². The Morgan fingerprint density at radius 1 is 1.60 bits per heavy atom. The lowest BCUT2D eigenvalue weighted by Gasteiger charge is -2.11. The van der Waals surface area contributed by atoms with Gasteiger partial charge in [0.1, 0.15) is 0 Å². The summed E-state index contributed by atoms with van der Waals surface area (Å²) in [5.74, 6) is -0.0593. The lowest BCUT2D eigenvalue weighted by atomic mass is 10.2. The molecule has 15 heavy (non-hydrogen) atoms. The van der Waals surface area contributed by atoms with Gasteiger partial charge in [0, 0.05) is 23.3 Å². The van der Waals surface area contributed by atoms with E-state index in [2.05, 4.69) is 26.2 Å². The first-order valence-electron chi connectivity index (χ1n) is 4.93. The largest absolute Gasteiger partial charge is 0.350 e. The minimum Gasteiger partial charge on any atom is -0.350 e. The van der Waals surface area contributed by atoms with E-state index in [4.69, 9.17) is 0 Å². The van der Waals surface area contributed by atoms with Crippen LogP contribution in [0.5, 0.6) is 0 Å². The van der Waals surface area contributed by atoms with Crippen LogP contribution in [0.4, 0.5) is 0 Å². The van der Waals surface area contributed by atoms with Crippen LogP contribution in [0.1, 0.15) is 29.4 Å². The molecule has 3 nitrogen and oxygen atoms in total. The zero-order valence-electron chi connectivity index (χ0n) is 8.96. The first-order valence-corrected chi connectivity index (χ1v) is 6.05. The van der Waals surface area contributed by atoms with E-state index >= 15 is 0 Å². The topological polar surface area (TPSA) is 42.0 Å². The summed E-state index contributed by atoms with van der Waals surface area (Å²) in [5, 5.41) is 3.80. The predicted molar refractivity (Wildman–Crippen MR) is 64.3 cm³/mol. The Morgan fingerprint density at radius 3 is 2.87 bits per heavy atom.